The Kier molecular flexibility index (Phi) is 12.1. The number of hydrogen-bond donors (Lipinski definition) is 1. The Labute approximate surface area is 121 Å². The van der Waals surface area contributed by atoms with Gasteiger partial charge in [0.25, 0.3) is 0 Å². The fraction of sp³-hybridized carbons (Fsp3) is 0.471. The Balaban J connectivity index is 3.87. The molecule has 0 aromatic carbocycles. The van der Waals surface area contributed by atoms with Crippen molar-refractivity contribution in [3.8, 4) is 23.7 Å². The van der Waals surface area contributed by atoms with Crippen LogP contribution in [0.2, 0.25) is 0 Å². The quantitative estimate of drug-likeness (QED) is 0.336. The second-order valence-electron chi connectivity index (χ2n) is 4.11. The van der Waals surface area contributed by atoms with Gasteiger partial charge in [0.1, 0.15) is 12.7 Å². The molecule has 0 saturated carbocycles. The lowest BCUT2D eigenvalue weighted by Gasteiger charge is -1.94. The van der Waals surface area contributed by atoms with Crippen molar-refractivity contribution in [3.05, 3.63) is 24.3 Å². The molecule has 0 heterocycles. The van der Waals surface area contributed by atoms with Crippen molar-refractivity contribution < 1.29 is 14.6 Å². The van der Waals surface area contributed by atoms with E-state index in [4.69, 9.17) is 0 Å². The van der Waals surface area contributed by atoms with Gasteiger partial charge >= 0.3 is 5.97 Å². The highest BCUT2D eigenvalue weighted by Gasteiger charge is 1.89. The maximum Gasteiger partial charge on any atom is 0.302 e. The zero-order valence-electron chi connectivity index (χ0n) is 12.2. The second-order valence-corrected chi connectivity index (χ2v) is 4.11. The maximum absolute atomic E-state index is 10.4. The van der Waals surface area contributed by atoms with E-state index in [2.05, 4.69) is 35.3 Å². The summed E-state index contributed by atoms with van der Waals surface area (Å²) in [5.74, 6) is 10.1. The molecule has 0 aliphatic heterocycles. The molecule has 3 nitrogen and oxygen atoms in total. The highest BCUT2D eigenvalue weighted by molar-refractivity contribution is 5.66. The minimum atomic E-state index is -0.768. The molecular formula is C17H22O3. The van der Waals surface area contributed by atoms with Gasteiger partial charge < -0.3 is 9.84 Å². The van der Waals surface area contributed by atoms with Crippen LogP contribution in [0, 0.1) is 23.7 Å². The summed E-state index contributed by atoms with van der Waals surface area (Å²) in [6.45, 7) is 3.71. The monoisotopic (exact) mass is 274 g/mol. The first-order chi connectivity index (χ1) is 9.66. The van der Waals surface area contributed by atoms with Crippen molar-refractivity contribution in [1.29, 1.82) is 0 Å². The maximum atomic E-state index is 10.4. The minimum Gasteiger partial charge on any atom is -0.462 e. The Morgan fingerprint density at radius 1 is 1.30 bits per heavy atom. The number of carbonyl (C=O) groups is 1. The topological polar surface area (TPSA) is 46.5 Å². The van der Waals surface area contributed by atoms with Crippen molar-refractivity contribution in [2.75, 3.05) is 6.61 Å². The predicted octanol–water partition coefficient (Wildman–Crippen LogP) is 2.61. The number of aliphatic hydroxyl groups is 1. The van der Waals surface area contributed by atoms with Crippen LogP contribution in [0.4, 0.5) is 0 Å². The van der Waals surface area contributed by atoms with Gasteiger partial charge in [-0.2, -0.15) is 0 Å². The molecule has 0 aliphatic carbocycles. The van der Waals surface area contributed by atoms with E-state index in [9.17, 15) is 9.90 Å². The molecule has 0 spiro atoms. The summed E-state index contributed by atoms with van der Waals surface area (Å²) in [4.78, 5) is 10.4. The van der Waals surface area contributed by atoms with Gasteiger partial charge in [0, 0.05) is 6.92 Å². The molecule has 108 valence electrons. The third-order valence-electron chi connectivity index (χ3n) is 2.23. The lowest BCUT2D eigenvalue weighted by Crippen LogP contribution is -1.97. The van der Waals surface area contributed by atoms with Crippen molar-refractivity contribution in [2.45, 2.75) is 45.6 Å². The van der Waals surface area contributed by atoms with E-state index in [1.807, 2.05) is 6.08 Å². The number of aliphatic hydroxyl groups excluding tert-OH is 1. The first kappa shape index (κ1) is 18.0. The third kappa shape index (κ3) is 14.1. The lowest BCUT2D eigenvalue weighted by molar-refractivity contribution is -0.139. The zero-order valence-corrected chi connectivity index (χ0v) is 12.2. The van der Waals surface area contributed by atoms with Crippen LogP contribution < -0.4 is 0 Å². The molecule has 0 saturated heterocycles. The van der Waals surface area contributed by atoms with Gasteiger partial charge in [-0.1, -0.05) is 37.7 Å². The normalized spacial score (nSPS) is 11.6. The van der Waals surface area contributed by atoms with E-state index in [0.29, 0.717) is 0 Å². The number of allylic oxidation sites excluding steroid dienone is 2. The summed E-state index contributed by atoms with van der Waals surface area (Å²) < 4.78 is 4.68. The van der Waals surface area contributed by atoms with Gasteiger partial charge in [0.05, 0.1) is 0 Å². The molecule has 0 aliphatic rings. The summed E-state index contributed by atoms with van der Waals surface area (Å²) in [6.07, 6.45) is 10.6. The first-order valence-electron chi connectivity index (χ1n) is 6.81. The fourth-order valence-corrected chi connectivity index (χ4v) is 1.25. The van der Waals surface area contributed by atoms with Crippen LogP contribution in [0.5, 0.6) is 0 Å². The molecule has 0 radical (unpaired) electrons. The standard InChI is InChI=1S/C17H22O3/c1-3-4-5-7-10-13-17(19)14-11-8-6-9-12-15-20-16(2)18/h9-10,12-13,17,19H,3-5,7,15H2,1-2H3/b12-9-,13-10-. The van der Waals surface area contributed by atoms with E-state index in [1.54, 1.807) is 18.2 Å². The van der Waals surface area contributed by atoms with E-state index < -0.39 is 6.10 Å². The van der Waals surface area contributed by atoms with Gasteiger partial charge in [-0.25, -0.2) is 0 Å². The van der Waals surface area contributed by atoms with Crippen molar-refractivity contribution in [3.63, 3.8) is 0 Å². The van der Waals surface area contributed by atoms with E-state index in [1.165, 1.54) is 19.8 Å². The smallest absolute Gasteiger partial charge is 0.302 e. The summed E-state index contributed by atoms with van der Waals surface area (Å²) in [5, 5.41) is 9.50. The molecule has 3 heteroatoms. The number of hydrogen-bond acceptors (Lipinski definition) is 3. The molecule has 0 rings (SSSR count). The van der Waals surface area contributed by atoms with Crippen LogP contribution >= 0.6 is 0 Å². The summed E-state index contributed by atoms with van der Waals surface area (Å²) >= 11 is 0. The van der Waals surface area contributed by atoms with Crippen LogP contribution in [0.1, 0.15) is 39.5 Å². The first-order valence-corrected chi connectivity index (χ1v) is 6.81. The van der Waals surface area contributed by atoms with Gasteiger partial charge in [0.15, 0.2) is 0 Å². The van der Waals surface area contributed by atoms with Gasteiger partial charge in [-0.05, 0) is 42.9 Å². The van der Waals surface area contributed by atoms with Crippen molar-refractivity contribution >= 4 is 5.97 Å². The molecule has 0 aromatic rings. The van der Waals surface area contributed by atoms with Crippen LogP contribution in [-0.4, -0.2) is 23.8 Å². The van der Waals surface area contributed by atoms with E-state index in [-0.39, 0.29) is 12.6 Å². The molecule has 0 fully saturated rings. The van der Waals surface area contributed by atoms with E-state index >= 15 is 0 Å². The highest BCUT2D eigenvalue weighted by atomic mass is 16.5. The Bertz CT molecular complexity index is 438. The highest BCUT2D eigenvalue weighted by Crippen LogP contribution is 2.00. The van der Waals surface area contributed by atoms with Crippen molar-refractivity contribution in [2.24, 2.45) is 0 Å². The lowest BCUT2D eigenvalue weighted by atomic mass is 10.2. The number of carbonyl (C=O) groups excluding carboxylic acids is 1. The molecule has 1 atom stereocenters. The van der Waals surface area contributed by atoms with Crippen LogP contribution in [-0.2, 0) is 9.53 Å². The average Bonchev–Trinajstić information content (AvgIpc) is 2.41. The fourth-order valence-electron chi connectivity index (χ4n) is 1.25. The van der Waals surface area contributed by atoms with Crippen LogP contribution in [0.3, 0.4) is 0 Å². The molecule has 20 heavy (non-hydrogen) atoms. The van der Waals surface area contributed by atoms with E-state index in [0.717, 1.165) is 12.8 Å². The van der Waals surface area contributed by atoms with Gasteiger partial charge in [-0.3, -0.25) is 4.79 Å². The molecule has 1 N–H and O–H groups in total. The van der Waals surface area contributed by atoms with Crippen molar-refractivity contribution in [1.82, 2.24) is 0 Å². The number of ether oxygens (including phenoxy) is 1. The number of rotatable bonds is 7. The number of unbranched alkanes of at least 4 members (excludes halogenated alkanes) is 3. The molecule has 0 amide bonds. The van der Waals surface area contributed by atoms with Gasteiger partial charge in [0.2, 0.25) is 0 Å². The van der Waals surface area contributed by atoms with Crippen LogP contribution in [0.15, 0.2) is 24.3 Å². The van der Waals surface area contributed by atoms with Crippen LogP contribution in [0.25, 0.3) is 0 Å². The molecule has 0 bridgehead atoms. The predicted molar refractivity (Wildman–Crippen MR) is 80.6 cm³/mol. The largest absolute Gasteiger partial charge is 0.462 e. The third-order valence-corrected chi connectivity index (χ3v) is 2.23. The van der Waals surface area contributed by atoms with Gasteiger partial charge in [-0.15, -0.1) is 0 Å². The number of esters is 1. The second kappa shape index (κ2) is 13.5. The molecule has 0 aromatic heterocycles. The SMILES string of the molecule is CCCCC/C=C\C(O)C#CC#C/C=C\COC(C)=O. The summed E-state index contributed by atoms with van der Waals surface area (Å²) in [6, 6.07) is 0. The minimum absolute atomic E-state index is 0.209. The summed E-state index contributed by atoms with van der Waals surface area (Å²) in [7, 11) is 0. The Morgan fingerprint density at radius 2 is 2.10 bits per heavy atom. The average molecular weight is 274 g/mol. The summed E-state index contributed by atoms with van der Waals surface area (Å²) in [5.41, 5.74) is 0. The molecule has 1 unspecified atom stereocenters. The zero-order chi connectivity index (χ0) is 15.1. The Hall–Kier alpha value is -1.97. The Morgan fingerprint density at radius 3 is 2.80 bits per heavy atom. The molecular weight excluding hydrogens is 252 g/mol.